The summed E-state index contributed by atoms with van der Waals surface area (Å²) < 4.78 is 29.2. The third-order valence-electron chi connectivity index (χ3n) is 4.73. The quantitative estimate of drug-likeness (QED) is 0.925. The molecule has 1 fully saturated rings. The number of rotatable bonds is 4. The lowest BCUT2D eigenvalue weighted by molar-refractivity contribution is 0.436. The summed E-state index contributed by atoms with van der Waals surface area (Å²) in [6.07, 6.45) is 4.57. The summed E-state index contributed by atoms with van der Waals surface area (Å²) in [7, 11) is -1.83. The summed E-state index contributed by atoms with van der Waals surface area (Å²) in [5.41, 5.74) is 1.56. The number of hydrogen-bond acceptors (Lipinski definition) is 3. The van der Waals surface area contributed by atoms with Crippen LogP contribution in [0.1, 0.15) is 37.2 Å². The Hall–Kier alpha value is -2.08. The van der Waals surface area contributed by atoms with E-state index in [0.29, 0.717) is 24.4 Å². The second-order valence-corrected chi connectivity index (χ2v) is 8.36. The Morgan fingerprint density at radius 1 is 1.00 bits per heavy atom. The maximum atomic E-state index is 12.6. The maximum absolute atomic E-state index is 12.6. The molecule has 0 radical (unpaired) electrons. The fraction of sp³-hybridized carbons (Fsp3) is 0.389. The predicted octanol–water partition coefficient (Wildman–Crippen LogP) is 2.85. The number of sulfonamides is 1. The van der Waals surface area contributed by atoms with Gasteiger partial charge < -0.3 is 4.57 Å². The summed E-state index contributed by atoms with van der Waals surface area (Å²) in [4.78, 5) is 11.4. The number of benzene rings is 1. The lowest BCUT2D eigenvalue weighted by Crippen LogP contribution is -2.31. The molecular formula is C18H22N2O3S. The minimum Gasteiger partial charge on any atom is -0.316 e. The van der Waals surface area contributed by atoms with Gasteiger partial charge >= 0.3 is 0 Å². The normalized spacial score (nSPS) is 21.4. The standard InChI is InChI=1S/C18H22N2O3S/c1-20-13-16(9-12-18(20)21)19-24(22,23)17-10-7-15(8-11-17)14-5-3-2-4-6-14/h2-6,9,12-13,15,17,19H,7-8,10-11H2,1H3. The van der Waals surface area contributed by atoms with Gasteiger partial charge in [0.15, 0.2) is 0 Å². The van der Waals surface area contributed by atoms with Crippen LogP contribution in [0, 0.1) is 0 Å². The van der Waals surface area contributed by atoms with Gasteiger partial charge in [-0.25, -0.2) is 8.42 Å². The molecule has 0 spiro atoms. The molecule has 1 heterocycles. The molecule has 1 aromatic heterocycles. The number of anilines is 1. The molecule has 0 bridgehead atoms. The van der Waals surface area contributed by atoms with E-state index in [1.54, 1.807) is 7.05 Å². The number of hydrogen-bond donors (Lipinski definition) is 1. The Morgan fingerprint density at radius 3 is 2.29 bits per heavy atom. The van der Waals surface area contributed by atoms with Crippen molar-refractivity contribution < 1.29 is 8.42 Å². The fourth-order valence-corrected chi connectivity index (χ4v) is 4.84. The van der Waals surface area contributed by atoms with Crippen LogP contribution in [0.3, 0.4) is 0 Å². The van der Waals surface area contributed by atoms with Crippen LogP contribution in [0.5, 0.6) is 0 Å². The minimum absolute atomic E-state index is 0.165. The van der Waals surface area contributed by atoms with E-state index in [2.05, 4.69) is 16.9 Å². The average molecular weight is 346 g/mol. The Labute approximate surface area is 142 Å². The van der Waals surface area contributed by atoms with Gasteiger partial charge in [0, 0.05) is 19.3 Å². The molecule has 0 aliphatic heterocycles. The molecule has 1 aromatic carbocycles. The van der Waals surface area contributed by atoms with E-state index < -0.39 is 10.0 Å². The second-order valence-electron chi connectivity index (χ2n) is 6.40. The van der Waals surface area contributed by atoms with Crippen LogP contribution in [0.25, 0.3) is 0 Å². The van der Waals surface area contributed by atoms with Crippen LogP contribution in [0.15, 0.2) is 53.5 Å². The number of aromatic nitrogens is 1. The number of nitrogens with one attached hydrogen (secondary N) is 1. The van der Waals surface area contributed by atoms with Crippen LogP contribution in [-0.4, -0.2) is 18.2 Å². The lowest BCUT2D eigenvalue weighted by Gasteiger charge is -2.28. The summed E-state index contributed by atoms with van der Waals surface area (Å²) in [5, 5.41) is -0.380. The van der Waals surface area contributed by atoms with Crippen molar-refractivity contribution in [1.82, 2.24) is 4.57 Å². The van der Waals surface area contributed by atoms with Gasteiger partial charge in [-0.3, -0.25) is 9.52 Å². The van der Waals surface area contributed by atoms with Gasteiger partial charge in [-0.1, -0.05) is 30.3 Å². The van der Waals surface area contributed by atoms with E-state index in [9.17, 15) is 13.2 Å². The average Bonchev–Trinajstić information content (AvgIpc) is 2.59. The zero-order valence-electron chi connectivity index (χ0n) is 13.7. The zero-order valence-corrected chi connectivity index (χ0v) is 14.5. The van der Waals surface area contributed by atoms with Gasteiger partial charge in [0.05, 0.1) is 10.9 Å². The molecule has 3 rings (SSSR count). The van der Waals surface area contributed by atoms with Crippen LogP contribution in [0.4, 0.5) is 5.69 Å². The molecule has 1 aliphatic carbocycles. The Balaban J connectivity index is 1.66. The van der Waals surface area contributed by atoms with Gasteiger partial charge in [0.25, 0.3) is 0 Å². The first-order valence-corrected chi connectivity index (χ1v) is 9.73. The molecule has 2 aromatic rings. The van der Waals surface area contributed by atoms with E-state index >= 15 is 0 Å². The van der Waals surface area contributed by atoms with Crippen LogP contribution in [-0.2, 0) is 17.1 Å². The second kappa shape index (κ2) is 6.81. The van der Waals surface area contributed by atoms with E-state index in [1.165, 1.54) is 28.5 Å². The molecule has 0 amide bonds. The van der Waals surface area contributed by atoms with Gasteiger partial charge in [-0.2, -0.15) is 0 Å². The smallest absolute Gasteiger partial charge is 0.250 e. The molecule has 1 saturated carbocycles. The summed E-state index contributed by atoms with van der Waals surface area (Å²) >= 11 is 0. The third kappa shape index (κ3) is 3.70. The van der Waals surface area contributed by atoms with Gasteiger partial charge in [-0.15, -0.1) is 0 Å². The number of pyridine rings is 1. The Morgan fingerprint density at radius 2 is 1.67 bits per heavy atom. The summed E-state index contributed by atoms with van der Waals surface area (Å²) in [5.74, 6) is 0.440. The van der Waals surface area contributed by atoms with Gasteiger partial charge in [0.1, 0.15) is 0 Å². The Bertz CT molecular complexity index is 851. The largest absolute Gasteiger partial charge is 0.316 e. The highest BCUT2D eigenvalue weighted by Crippen LogP contribution is 2.35. The molecule has 1 aliphatic rings. The first kappa shape index (κ1) is 16.8. The zero-order chi connectivity index (χ0) is 17.2. The first-order valence-electron chi connectivity index (χ1n) is 8.19. The maximum Gasteiger partial charge on any atom is 0.250 e. The van der Waals surface area contributed by atoms with Gasteiger partial charge in [0.2, 0.25) is 15.6 Å². The topological polar surface area (TPSA) is 68.2 Å². The van der Waals surface area contributed by atoms with Crippen molar-refractivity contribution in [1.29, 1.82) is 0 Å². The highest BCUT2D eigenvalue weighted by atomic mass is 32.2. The molecule has 0 unspecified atom stereocenters. The third-order valence-corrected chi connectivity index (χ3v) is 6.60. The van der Waals surface area contributed by atoms with Crippen LogP contribution in [0.2, 0.25) is 0 Å². The molecule has 1 N–H and O–H groups in total. The highest BCUT2D eigenvalue weighted by molar-refractivity contribution is 7.93. The van der Waals surface area contributed by atoms with Crippen LogP contribution >= 0.6 is 0 Å². The summed E-state index contributed by atoms with van der Waals surface area (Å²) in [6.45, 7) is 0. The predicted molar refractivity (Wildman–Crippen MR) is 95.7 cm³/mol. The Kier molecular flexibility index (Phi) is 4.76. The molecule has 5 nitrogen and oxygen atoms in total. The molecule has 128 valence electrons. The minimum atomic E-state index is -3.44. The SMILES string of the molecule is Cn1cc(NS(=O)(=O)C2CCC(c3ccccc3)CC2)ccc1=O. The lowest BCUT2D eigenvalue weighted by atomic mass is 9.84. The molecule has 24 heavy (non-hydrogen) atoms. The van der Waals surface area contributed by atoms with E-state index in [1.807, 2.05) is 18.2 Å². The van der Waals surface area contributed by atoms with Crippen molar-refractivity contribution in [2.45, 2.75) is 36.9 Å². The van der Waals surface area contributed by atoms with Crippen molar-refractivity contribution in [3.05, 3.63) is 64.6 Å². The monoisotopic (exact) mass is 346 g/mol. The number of aryl methyl sites for hydroxylation is 1. The molecular weight excluding hydrogens is 324 g/mol. The molecule has 6 heteroatoms. The molecule has 0 saturated heterocycles. The van der Waals surface area contributed by atoms with E-state index in [-0.39, 0.29) is 10.8 Å². The van der Waals surface area contributed by atoms with E-state index in [0.717, 1.165) is 12.8 Å². The van der Waals surface area contributed by atoms with Gasteiger partial charge in [-0.05, 0) is 43.2 Å². The van der Waals surface area contributed by atoms with Crippen molar-refractivity contribution in [2.75, 3.05) is 4.72 Å². The van der Waals surface area contributed by atoms with Crippen molar-refractivity contribution in [3.8, 4) is 0 Å². The van der Waals surface area contributed by atoms with Crippen molar-refractivity contribution in [3.63, 3.8) is 0 Å². The summed E-state index contributed by atoms with van der Waals surface area (Å²) in [6, 6.07) is 13.2. The van der Waals surface area contributed by atoms with Crippen molar-refractivity contribution >= 4 is 15.7 Å². The number of nitrogens with zero attached hydrogens (tertiary/aromatic N) is 1. The molecule has 0 atom stereocenters. The van der Waals surface area contributed by atoms with Crippen LogP contribution < -0.4 is 10.3 Å². The highest BCUT2D eigenvalue weighted by Gasteiger charge is 2.31. The van der Waals surface area contributed by atoms with E-state index in [4.69, 9.17) is 0 Å². The van der Waals surface area contributed by atoms with Crippen molar-refractivity contribution in [2.24, 2.45) is 7.05 Å². The first-order chi connectivity index (χ1) is 11.5. The fourth-order valence-electron chi connectivity index (χ4n) is 3.33.